The van der Waals surface area contributed by atoms with Gasteiger partial charge in [0.25, 0.3) is 0 Å². The van der Waals surface area contributed by atoms with Crippen molar-refractivity contribution in [1.29, 1.82) is 0 Å². The Morgan fingerprint density at radius 3 is 2.45 bits per heavy atom. The van der Waals surface area contributed by atoms with Crippen molar-refractivity contribution in [2.75, 3.05) is 0 Å². The van der Waals surface area contributed by atoms with E-state index in [0.717, 1.165) is 0 Å². The summed E-state index contributed by atoms with van der Waals surface area (Å²) in [6, 6.07) is 0. The number of allylic oxidation sites excluding steroid dienone is 5. The molecule has 60 valence electrons. The monoisotopic (exact) mass is 148 g/mol. The summed E-state index contributed by atoms with van der Waals surface area (Å²) in [4.78, 5) is 0. The molecule has 0 aliphatic heterocycles. The summed E-state index contributed by atoms with van der Waals surface area (Å²) in [7, 11) is 0. The van der Waals surface area contributed by atoms with Crippen LogP contribution in [0.25, 0.3) is 0 Å². The molecule has 0 N–H and O–H groups in total. The van der Waals surface area contributed by atoms with E-state index in [0.29, 0.717) is 5.92 Å². The molecular weight excluding hydrogens is 132 g/mol. The van der Waals surface area contributed by atoms with Crippen molar-refractivity contribution in [2.24, 2.45) is 5.92 Å². The molecule has 0 bridgehead atoms. The lowest BCUT2D eigenvalue weighted by Crippen LogP contribution is -1.91. The van der Waals surface area contributed by atoms with Gasteiger partial charge in [-0.2, -0.15) is 0 Å². The third-order valence-corrected chi connectivity index (χ3v) is 2.50. The van der Waals surface area contributed by atoms with Crippen LogP contribution in [0.2, 0.25) is 0 Å². The predicted molar refractivity (Wildman–Crippen MR) is 50.4 cm³/mol. The predicted octanol–water partition coefficient (Wildman–Crippen LogP) is 3.48. The van der Waals surface area contributed by atoms with Crippen LogP contribution in [0.1, 0.15) is 27.2 Å². The molecule has 0 saturated carbocycles. The van der Waals surface area contributed by atoms with E-state index in [4.69, 9.17) is 0 Å². The lowest BCUT2D eigenvalue weighted by atomic mass is 10.00. The minimum atomic E-state index is 0.669. The van der Waals surface area contributed by atoms with Crippen molar-refractivity contribution in [3.8, 4) is 0 Å². The molecule has 0 heteroatoms. The van der Waals surface area contributed by atoms with Gasteiger partial charge >= 0.3 is 0 Å². The highest BCUT2D eigenvalue weighted by molar-refractivity contribution is 5.48. The summed E-state index contributed by atoms with van der Waals surface area (Å²) in [5.41, 5.74) is 4.24. The van der Waals surface area contributed by atoms with Gasteiger partial charge in [0.05, 0.1) is 0 Å². The maximum atomic E-state index is 3.81. The van der Waals surface area contributed by atoms with Crippen LogP contribution in [0.5, 0.6) is 0 Å². The van der Waals surface area contributed by atoms with Gasteiger partial charge in [0.15, 0.2) is 0 Å². The molecule has 0 saturated heterocycles. The van der Waals surface area contributed by atoms with Gasteiger partial charge in [0.2, 0.25) is 0 Å². The molecule has 0 fully saturated rings. The zero-order chi connectivity index (χ0) is 8.43. The summed E-state index contributed by atoms with van der Waals surface area (Å²) < 4.78 is 0. The van der Waals surface area contributed by atoms with Gasteiger partial charge in [-0.15, -0.1) is 0 Å². The molecule has 1 unspecified atom stereocenters. The Balaban J connectivity index is 2.98. The van der Waals surface area contributed by atoms with Gasteiger partial charge in [-0.3, -0.25) is 0 Å². The second-order valence-corrected chi connectivity index (χ2v) is 3.17. The second-order valence-electron chi connectivity index (χ2n) is 3.17. The molecule has 1 atom stereocenters. The molecular formula is C11H16. The lowest BCUT2D eigenvalue weighted by molar-refractivity contribution is 0.736. The number of hydrogen-bond acceptors (Lipinski definition) is 0. The fraction of sp³-hybridized carbons (Fsp3) is 0.455. The maximum absolute atomic E-state index is 3.81. The van der Waals surface area contributed by atoms with E-state index >= 15 is 0 Å². The third-order valence-electron chi connectivity index (χ3n) is 2.50. The molecule has 0 aromatic heterocycles. The Morgan fingerprint density at radius 2 is 2.18 bits per heavy atom. The van der Waals surface area contributed by atoms with E-state index in [2.05, 4.69) is 33.4 Å². The number of hydrogen-bond donors (Lipinski definition) is 0. The van der Waals surface area contributed by atoms with Gasteiger partial charge in [-0.05, 0) is 37.3 Å². The zero-order valence-corrected chi connectivity index (χ0v) is 7.65. The van der Waals surface area contributed by atoms with Crippen LogP contribution in [-0.4, -0.2) is 0 Å². The fourth-order valence-electron chi connectivity index (χ4n) is 1.77. The van der Waals surface area contributed by atoms with Gasteiger partial charge < -0.3 is 0 Å². The first kappa shape index (κ1) is 8.32. The molecule has 0 nitrogen and oxygen atoms in total. The van der Waals surface area contributed by atoms with E-state index < -0.39 is 0 Å². The van der Waals surface area contributed by atoms with Crippen LogP contribution in [0, 0.1) is 5.92 Å². The first-order chi connectivity index (χ1) is 5.20. The lowest BCUT2D eigenvalue weighted by Gasteiger charge is -2.05. The Labute approximate surface area is 69.3 Å². The van der Waals surface area contributed by atoms with Crippen molar-refractivity contribution in [2.45, 2.75) is 27.2 Å². The average Bonchev–Trinajstić information content (AvgIpc) is 2.26. The highest BCUT2D eigenvalue weighted by Gasteiger charge is 2.16. The summed E-state index contributed by atoms with van der Waals surface area (Å²) >= 11 is 0. The quantitative estimate of drug-likeness (QED) is 0.562. The highest BCUT2D eigenvalue weighted by Crippen LogP contribution is 2.32. The topological polar surface area (TPSA) is 0 Å². The minimum absolute atomic E-state index is 0.669. The van der Waals surface area contributed by atoms with Crippen molar-refractivity contribution in [1.82, 2.24) is 0 Å². The first-order valence-electron chi connectivity index (χ1n) is 4.22. The standard InChI is InChI=1S/C11H16/c1-5-10-7-8(3)11(6-2)9(10)4/h6-7,10H,2,5H2,1,3-4H3. The third kappa shape index (κ3) is 1.30. The molecule has 11 heavy (non-hydrogen) atoms. The second kappa shape index (κ2) is 3.08. The molecule has 1 aliphatic rings. The maximum Gasteiger partial charge on any atom is -0.00136 e. The van der Waals surface area contributed by atoms with E-state index in [1.54, 1.807) is 0 Å². The minimum Gasteiger partial charge on any atom is -0.0985 e. The zero-order valence-electron chi connectivity index (χ0n) is 7.65. The van der Waals surface area contributed by atoms with Gasteiger partial charge in [-0.1, -0.05) is 31.2 Å². The van der Waals surface area contributed by atoms with E-state index in [1.165, 1.54) is 23.1 Å². The Hall–Kier alpha value is -0.780. The Bertz CT molecular complexity index is 228. The molecule has 0 aromatic rings. The van der Waals surface area contributed by atoms with Crippen molar-refractivity contribution >= 4 is 0 Å². The van der Waals surface area contributed by atoms with E-state index in [-0.39, 0.29) is 0 Å². The Kier molecular flexibility index (Phi) is 2.33. The first-order valence-corrected chi connectivity index (χ1v) is 4.22. The molecule has 0 heterocycles. The fourth-order valence-corrected chi connectivity index (χ4v) is 1.77. The SMILES string of the molecule is C=CC1=C(C)C(CC)C=C1C. The highest BCUT2D eigenvalue weighted by atomic mass is 14.2. The number of rotatable bonds is 2. The molecule has 0 spiro atoms. The van der Waals surface area contributed by atoms with E-state index in [1.807, 2.05) is 6.08 Å². The molecule has 1 aliphatic carbocycles. The molecule has 1 rings (SSSR count). The van der Waals surface area contributed by atoms with Crippen LogP contribution in [-0.2, 0) is 0 Å². The summed E-state index contributed by atoms with van der Waals surface area (Å²) in [6.45, 7) is 10.4. The van der Waals surface area contributed by atoms with Crippen LogP contribution in [0.3, 0.4) is 0 Å². The van der Waals surface area contributed by atoms with Crippen LogP contribution < -0.4 is 0 Å². The molecule has 0 amide bonds. The summed E-state index contributed by atoms with van der Waals surface area (Å²) in [5.74, 6) is 0.669. The smallest absolute Gasteiger partial charge is 0.00136 e. The van der Waals surface area contributed by atoms with Crippen LogP contribution in [0.4, 0.5) is 0 Å². The van der Waals surface area contributed by atoms with Crippen molar-refractivity contribution in [3.05, 3.63) is 35.5 Å². The largest absolute Gasteiger partial charge is 0.0985 e. The van der Waals surface area contributed by atoms with E-state index in [9.17, 15) is 0 Å². The van der Waals surface area contributed by atoms with Gasteiger partial charge in [0.1, 0.15) is 0 Å². The molecule has 0 aromatic carbocycles. The average molecular weight is 148 g/mol. The van der Waals surface area contributed by atoms with Gasteiger partial charge in [0, 0.05) is 0 Å². The van der Waals surface area contributed by atoms with Crippen molar-refractivity contribution in [3.63, 3.8) is 0 Å². The van der Waals surface area contributed by atoms with Crippen LogP contribution in [0.15, 0.2) is 35.5 Å². The molecule has 0 radical (unpaired) electrons. The normalized spacial score (nSPS) is 23.9. The summed E-state index contributed by atoms with van der Waals surface area (Å²) in [6.07, 6.45) is 5.52. The Morgan fingerprint density at radius 1 is 1.55 bits per heavy atom. The summed E-state index contributed by atoms with van der Waals surface area (Å²) in [5, 5.41) is 0. The van der Waals surface area contributed by atoms with Gasteiger partial charge in [-0.25, -0.2) is 0 Å². The van der Waals surface area contributed by atoms with Crippen LogP contribution >= 0.6 is 0 Å². The van der Waals surface area contributed by atoms with Crippen molar-refractivity contribution < 1.29 is 0 Å².